The van der Waals surface area contributed by atoms with Crippen molar-refractivity contribution in [2.45, 2.75) is 12.7 Å². The molecule has 4 nitrogen and oxygen atoms in total. The Morgan fingerprint density at radius 1 is 1.24 bits per heavy atom. The quantitative estimate of drug-likeness (QED) is 0.601. The summed E-state index contributed by atoms with van der Waals surface area (Å²) in [7, 11) is 0. The van der Waals surface area contributed by atoms with E-state index in [4.69, 9.17) is 0 Å². The summed E-state index contributed by atoms with van der Waals surface area (Å²) >= 11 is 0. The lowest BCUT2D eigenvalue weighted by molar-refractivity contribution is -0.142. The molecule has 0 bridgehead atoms. The summed E-state index contributed by atoms with van der Waals surface area (Å²) in [5, 5.41) is 3.52. The summed E-state index contributed by atoms with van der Waals surface area (Å²) in [5.74, 6) is -0.810. The minimum absolute atomic E-state index is 0.0549. The van der Waals surface area contributed by atoms with Crippen LogP contribution < -0.4 is 0 Å². The number of alkyl halides is 3. The largest absolute Gasteiger partial charge is 0.408 e. The molecule has 90 valence electrons. The first-order chi connectivity index (χ1) is 7.96. The van der Waals surface area contributed by atoms with E-state index in [-0.39, 0.29) is 11.4 Å². The van der Waals surface area contributed by atoms with E-state index < -0.39 is 18.7 Å². The van der Waals surface area contributed by atoms with Gasteiger partial charge in [0, 0.05) is 12.3 Å². The van der Waals surface area contributed by atoms with Crippen LogP contribution >= 0.6 is 0 Å². The van der Waals surface area contributed by atoms with Crippen molar-refractivity contribution < 1.29 is 17.6 Å². The van der Waals surface area contributed by atoms with Crippen molar-refractivity contribution in [1.29, 1.82) is 0 Å². The Morgan fingerprint density at radius 2 is 2.00 bits per heavy atom. The fourth-order valence-electron chi connectivity index (χ4n) is 1.32. The molecule has 0 saturated heterocycles. The third-order valence-corrected chi connectivity index (χ3v) is 1.94. The fourth-order valence-corrected chi connectivity index (χ4v) is 1.32. The summed E-state index contributed by atoms with van der Waals surface area (Å²) in [6.45, 7) is -1.25. The van der Waals surface area contributed by atoms with E-state index in [2.05, 4.69) is 15.1 Å². The Hall–Kier alpha value is -1.99. The Labute approximate surface area is 92.9 Å². The summed E-state index contributed by atoms with van der Waals surface area (Å²) in [4.78, 5) is 6.92. The van der Waals surface area contributed by atoms with Crippen LogP contribution in [0.1, 0.15) is 0 Å². The molecule has 0 saturated carbocycles. The van der Waals surface area contributed by atoms with Crippen molar-refractivity contribution in [3.05, 3.63) is 30.6 Å². The van der Waals surface area contributed by atoms with Gasteiger partial charge < -0.3 is 0 Å². The SMILES string of the molecule is Fc1cc(-c2ccnn2CC(F)(F)F)ncn1. The van der Waals surface area contributed by atoms with Gasteiger partial charge in [-0.1, -0.05) is 0 Å². The van der Waals surface area contributed by atoms with Crippen molar-refractivity contribution >= 4 is 0 Å². The highest BCUT2D eigenvalue weighted by atomic mass is 19.4. The number of halogens is 4. The van der Waals surface area contributed by atoms with Crippen molar-refractivity contribution in [1.82, 2.24) is 19.7 Å². The molecule has 2 rings (SSSR count). The molecule has 0 amide bonds. The average Bonchev–Trinajstić information content (AvgIpc) is 2.63. The van der Waals surface area contributed by atoms with E-state index in [0.29, 0.717) is 4.68 Å². The first-order valence-corrected chi connectivity index (χ1v) is 4.52. The predicted octanol–water partition coefficient (Wildman–Crippen LogP) is 2.04. The number of rotatable bonds is 2. The molecular formula is C9H6F4N4. The Kier molecular flexibility index (Phi) is 2.78. The molecule has 2 heterocycles. The Bertz CT molecular complexity index is 520. The van der Waals surface area contributed by atoms with E-state index in [1.54, 1.807) is 0 Å². The summed E-state index contributed by atoms with van der Waals surface area (Å²) in [6, 6.07) is 2.28. The number of hydrogen-bond donors (Lipinski definition) is 0. The van der Waals surface area contributed by atoms with Gasteiger partial charge in [0.2, 0.25) is 5.95 Å². The topological polar surface area (TPSA) is 43.6 Å². The van der Waals surface area contributed by atoms with E-state index in [9.17, 15) is 17.6 Å². The molecule has 2 aromatic rings. The van der Waals surface area contributed by atoms with Gasteiger partial charge in [-0.25, -0.2) is 9.97 Å². The zero-order valence-corrected chi connectivity index (χ0v) is 8.32. The van der Waals surface area contributed by atoms with Gasteiger partial charge in [0.1, 0.15) is 12.9 Å². The highest BCUT2D eigenvalue weighted by Gasteiger charge is 2.29. The molecule has 0 unspecified atom stereocenters. The van der Waals surface area contributed by atoms with E-state index in [1.807, 2.05) is 0 Å². The van der Waals surface area contributed by atoms with E-state index >= 15 is 0 Å². The molecule has 0 radical (unpaired) electrons. The molecule has 0 atom stereocenters. The first kappa shape index (κ1) is 11.5. The van der Waals surface area contributed by atoms with Gasteiger partial charge in [-0.2, -0.15) is 22.7 Å². The predicted molar refractivity (Wildman–Crippen MR) is 49.3 cm³/mol. The lowest BCUT2D eigenvalue weighted by Gasteiger charge is -2.09. The van der Waals surface area contributed by atoms with Crippen LogP contribution in [0.15, 0.2) is 24.7 Å². The van der Waals surface area contributed by atoms with Crippen LogP contribution in [0.2, 0.25) is 0 Å². The zero-order valence-electron chi connectivity index (χ0n) is 8.32. The minimum Gasteiger partial charge on any atom is -0.254 e. The number of nitrogens with zero attached hydrogens (tertiary/aromatic N) is 4. The van der Waals surface area contributed by atoms with Gasteiger partial charge in [-0.3, -0.25) is 4.68 Å². The van der Waals surface area contributed by atoms with Gasteiger partial charge in [0.25, 0.3) is 0 Å². The van der Waals surface area contributed by atoms with Crippen LogP contribution in [-0.2, 0) is 6.54 Å². The summed E-state index contributed by atoms with van der Waals surface area (Å²) in [5.41, 5.74) is 0.142. The smallest absolute Gasteiger partial charge is 0.254 e. The van der Waals surface area contributed by atoms with Crippen LogP contribution in [0.3, 0.4) is 0 Å². The highest BCUT2D eigenvalue weighted by Crippen LogP contribution is 2.22. The van der Waals surface area contributed by atoms with Crippen LogP contribution in [0, 0.1) is 5.95 Å². The minimum atomic E-state index is -4.40. The van der Waals surface area contributed by atoms with Crippen LogP contribution in [-0.4, -0.2) is 25.9 Å². The van der Waals surface area contributed by atoms with Crippen molar-refractivity contribution in [3.8, 4) is 11.4 Å². The molecule has 2 aromatic heterocycles. The normalized spacial score (nSPS) is 11.8. The standard InChI is InChI=1S/C9H6F4N4/c10-8-3-6(14-5-15-8)7-1-2-16-17(7)4-9(11,12)13/h1-3,5H,4H2. The molecular weight excluding hydrogens is 240 g/mol. The lowest BCUT2D eigenvalue weighted by atomic mass is 10.3. The van der Waals surface area contributed by atoms with Crippen LogP contribution in [0.5, 0.6) is 0 Å². The van der Waals surface area contributed by atoms with Crippen molar-refractivity contribution in [3.63, 3.8) is 0 Å². The number of hydrogen-bond acceptors (Lipinski definition) is 3. The van der Waals surface area contributed by atoms with Crippen molar-refractivity contribution in [2.75, 3.05) is 0 Å². The zero-order chi connectivity index (χ0) is 12.5. The Morgan fingerprint density at radius 3 is 2.65 bits per heavy atom. The third-order valence-electron chi connectivity index (χ3n) is 1.94. The molecule has 8 heteroatoms. The molecule has 17 heavy (non-hydrogen) atoms. The molecule has 0 aliphatic heterocycles. The Balaban J connectivity index is 2.37. The van der Waals surface area contributed by atoms with Gasteiger partial charge in [-0.15, -0.1) is 0 Å². The second kappa shape index (κ2) is 4.11. The lowest BCUT2D eigenvalue weighted by Crippen LogP contribution is -2.19. The number of aromatic nitrogens is 4. The molecule has 0 aliphatic rings. The van der Waals surface area contributed by atoms with Crippen molar-refractivity contribution in [2.24, 2.45) is 0 Å². The second-order valence-electron chi connectivity index (χ2n) is 3.22. The maximum Gasteiger partial charge on any atom is 0.408 e. The van der Waals surface area contributed by atoms with Gasteiger partial charge >= 0.3 is 6.18 Å². The fraction of sp³-hybridized carbons (Fsp3) is 0.222. The monoisotopic (exact) mass is 246 g/mol. The van der Waals surface area contributed by atoms with Crippen LogP contribution in [0.4, 0.5) is 17.6 Å². The second-order valence-corrected chi connectivity index (χ2v) is 3.22. The molecule has 0 aliphatic carbocycles. The van der Waals surface area contributed by atoms with E-state index in [1.165, 1.54) is 12.3 Å². The third kappa shape index (κ3) is 2.77. The van der Waals surface area contributed by atoms with E-state index in [0.717, 1.165) is 12.4 Å². The highest BCUT2D eigenvalue weighted by molar-refractivity contribution is 5.53. The van der Waals surface area contributed by atoms with Gasteiger partial charge in [0.15, 0.2) is 0 Å². The molecule has 0 spiro atoms. The molecule has 0 aromatic carbocycles. The maximum atomic E-state index is 12.8. The first-order valence-electron chi connectivity index (χ1n) is 4.52. The average molecular weight is 246 g/mol. The maximum absolute atomic E-state index is 12.8. The van der Waals surface area contributed by atoms with Gasteiger partial charge in [0.05, 0.1) is 11.4 Å². The summed E-state index contributed by atoms with van der Waals surface area (Å²) in [6.07, 6.45) is -2.26. The van der Waals surface area contributed by atoms with Crippen LogP contribution in [0.25, 0.3) is 11.4 Å². The van der Waals surface area contributed by atoms with Gasteiger partial charge in [-0.05, 0) is 6.07 Å². The molecule has 0 N–H and O–H groups in total. The molecule has 0 fully saturated rings. The summed E-state index contributed by atoms with van der Waals surface area (Å²) < 4.78 is 50.2.